The lowest BCUT2D eigenvalue weighted by atomic mass is 10.1. The molecule has 0 radical (unpaired) electrons. The molecule has 8 nitrogen and oxygen atoms in total. The summed E-state index contributed by atoms with van der Waals surface area (Å²) >= 11 is 0. The number of esters is 2. The van der Waals surface area contributed by atoms with E-state index in [0.717, 1.165) is 19.3 Å². The van der Waals surface area contributed by atoms with E-state index in [1.165, 1.54) is 38.5 Å². The summed E-state index contributed by atoms with van der Waals surface area (Å²) in [7, 11) is -4.81. The van der Waals surface area contributed by atoms with Crippen LogP contribution in [0.3, 0.4) is 0 Å². The summed E-state index contributed by atoms with van der Waals surface area (Å²) < 4.78 is 25.5. The van der Waals surface area contributed by atoms with Crippen molar-refractivity contribution in [3.05, 3.63) is 0 Å². The molecule has 0 unspecified atom stereocenters. The fraction of sp³-hybridized carbons (Fsp3) is 0.533. The van der Waals surface area contributed by atoms with Crippen LogP contribution in [0.15, 0.2) is 0 Å². The van der Waals surface area contributed by atoms with E-state index in [2.05, 4.69) is 82.5 Å². The second-order valence-corrected chi connectivity index (χ2v) is 9.29. The summed E-state index contributed by atoms with van der Waals surface area (Å²) in [5, 5.41) is 0. The van der Waals surface area contributed by atoms with E-state index in [9.17, 15) is 14.2 Å². The Morgan fingerprint density at radius 3 is 1.72 bits per heavy atom. The van der Waals surface area contributed by atoms with Crippen LogP contribution in [-0.4, -0.2) is 41.0 Å². The van der Waals surface area contributed by atoms with Crippen molar-refractivity contribution < 1.29 is 37.9 Å². The second kappa shape index (κ2) is 24.7. The van der Waals surface area contributed by atoms with Crippen LogP contribution in [-0.2, 0) is 28.2 Å². The number of carbonyl (C=O) groups is 2. The highest BCUT2D eigenvalue weighted by Gasteiger charge is 2.22. The zero-order chi connectivity index (χ0) is 29.0. The fourth-order valence-electron chi connectivity index (χ4n) is 2.90. The summed E-state index contributed by atoms with van der Waals surface area (Å²) in [5.74, 6) is 27.3. The van der Waals surface area contributed by atoms with Gasteiger partial charge in [-0.3, -0.25) is 9.32 Å². The van der Waals surface area contributed by atoms with Crippen LogP contribution in [0.1, 0.15) is 84.5 Å². The van der Waals surface area contributed by atoms with Crippen LogP contribution < -0.4 is 0 Å². The second-order valence-electron chi connectivity index (χ2n) is 8.05. The highest BCUT2D eigenvalue weighted by atomic mass is 31.2. The molecule has 0 aliphatic rings. The van der Waals surface area contributed by atoms with Gasteiger partial charge in [0.15, 0.2) is 6.10 Å². The molecule has 1 atom stereocenters. The maximum atomic E-state index is 12.1. The maximum Gasteiger partial charge on any atom is 0.469 e. The smallest absolute Gasteiger partial charge is 0.456 e. The van der Waals surface area contributed by atoms with Gasteiger partial charge in [-0.1, -0.05) is 70.6 Å². The largest absolute Gasteiger partial charge is 0.469 e. The molecule has 9 heteroatoms. The van der Waals surface area contributed by atoms with E-state index in [1.807, 2.05) is 0 Å². The van der Waals surface area contributed by atoms with Gasteiger partial charge in [0.25, 0.3) is 0 Å². The number of carbonyl (C=O) groups excluding carboxylic acids is 2. The van der Waals surface area contributed by atoms with Crippen molar-refractivity contribution in [2.45, 2.75) is 90.6 Å². The minimum absolute atomic E-state index is 0.136. The molecular weight excluding hydrogens is 519 g/mol. The first-order chi connectivity index (χ1) is 18.8. The molecule has 39 heavy (non-hydrogen) atoms. The number of phosphoric ester groups is 1. The zero-order valence-electron chi connectivity index (χ0n) is 22.6. The lowest BCUT2D eigenvalue weighted by molar-refractivity contribution is -0.158. The Morgan fingerprint density at radius 1 is 0.718 bits per heavy atom. The van der Waals surface area contributed by atoms with E-state index < -0.39 is 39.1 Å². The van der Waals surface area contributed by atoms with Gasteiger partial charge in [-0.05, 0) is 72.5 Å². The third-order valence-corrected chi connectivity index (χ3v) is 5.20. The van der Waals surface area contributed by atoms with Crippen molar-refractivity contribution >= 4 is 19.8 Å². The molecule has 0 aliphatic carbocycles. The average molecular weight is 555 g/mol. The lowest BCUT2D eigenvalue weighted by Gasteiger charge is -2.17. The lowest BCUT2D eigenvalue weighted by Crippen LogP contribution is -2.29. The molecule has 0 aromatic carbocycles. The molecule has 0 bridgehead atoms. The summed E-state index contributed by atoms with van der Waals surface area (Å²) in [4.78, 5) is 41.8. The highest BCUT2D eigenvalue weighted by molar-refractivity contribution is 7.46. The number of hydrogen-bond acceptors (Lipinski definition) is 6. The minimum atomic E-state index is -4.81. The molecule has 0 aromatic heterocycles. The Morgan fingerprint density at radius 2 is 1.21 bits per heavy atom. The topological polar surface area (TPSA) is 119 Å². The normalized spacial score (nSPS) is 9.95. The van der Waals surface area contributed by atoms with E-state index in [-0.39, 0.29) is 6.42 Å². The van der Waals surface area contributed by atoms with Gasteiger partial charge in [0, 0.05) is 12.3 Å². The fourth-order valence-corrected chi connectivity index (χ4v) is 3.26. The van der Waals surface area contributed by atoms with Crippen LogP contribution in [0.4, 0.5) is 0 Å². The van der Waals surface area contributed by atoms with Crippen LogP contribution in [0.5, 0.6) is 0 Å². The number of rotatable bonds is 17. The first-order valence-electron chi connectivity index (χ1n) is 12.8. The molecule has 0 saturated carbocycles. The first kappa shape index (κ1) is 35.4. The third kappa shape index (κ3) is 27.3. The summed E-state index contributed by atoms with van der Waals surface area (Å²) in [6.07, 6.45) is 10.0. The highest BCUT2D eigenvalue weighted by Crippen LogP contribution is 2.35. The number of hydrogen-bond donors (Lipinski definition) is 2. The van der Waals surface area contributed by atoms with Gasteiger partial charge in [0.05, 0.1) is 6.61 Å². The monoisotopic (exact) mass is 554 g/mol. The molecule has 0 aliphatic heterocycles. The van der Waals surface area contributed by atoms with Crippen molar-refractivity contribution in [1.29, 1.82) is 0 Å². The Kier molecular flexibility index (Phi) is 22.5. The number of ether oxygens (including phenoxy) is 2. The van der Waals surface area contributed by atoms with Gasteiger partial charge >= 0.3 is 19.8 Å². The molecule has 0 heterocycles. The van der Waals surface area contributed by atoms with Crippen LogP contribution in [0.25, 0.3) is 0 Å². The van der Waals surface area contributed by atoms with Crippen molar-refractivity contribution in [2.24, 2.45) is 0 Å². The maximum absolute atomic E-state index is 12.1. The quantitative estimate of drug-likeness (QED) is 0.0914. The van der Waals surface area contributed by atoms with Crippen molar-refractivity contribution in [2.75, 3.05) is 13.2 Å². The van der Waals surface area contributed by atoms with Gasteiger partial charge in [0.2, 0.25) is 0 Å². The Bertz CT molecular complexity index is 1180. The van der Waals surface area contributed by atoms with Crippen LogP contribution in [0.2, 0.25) is 0 Å². The number of phosphoric acid groups is 1. The zero-order valence-corrected chi connectivity index (χ0v) is 23.5. The third-order valence-electron chi connectivity index (χ3n) is 4.71. The standard InChI is InChI=1S/C30H35O8P/c1-3-5-7-9-11-13-15-17-18-20-22-24-29(31)36-26-28(27-37-39(33,34)35)38-30(32)25-23-21-19-16-14-12-10-8-6-4-2/h28H,4,6,8,10,12,14,16,19,21,23,25-27H2,1-2H3,(H2,33,34,35)/t28-/m0/s1. The minimum Gasteiger partial charge on any atom is -0.456 e. The van der Waals surface area contributed by atoms with Gasteiger partial charge in [-0.15, -0.1) is 0 Å². The predicted octanol–water partition coefficient (Wildman–Crippen LogP) is 3.90. The molecule has 0 amide bonds. The van der Waals surface area contributed by atoms with Gasteiger partial charge in [0.1, 0.15) is 6.61 Å². The van der Waals surface area contributed by atoms with Crippen LogP contribution in [0, 0.1) is 71.0 Å². The van der Waals surface area contributed by atoms with Crippen LogP contribution >= 0.6 is 7.82 Å². The molecule has 0 fully saturated rings. The number of unbranched alkanes of at least 4 members (excludes halogenated alkanes) is 9. The van der Waals surface area contributed by atoms with E-state index in [1.54, 1.807) is 6.92 Å². The van der Waals surface area contributed by atoms with Crippen molar-refractivity contribution in [3.63, 3.8) is 0 Å². The molecule has 0 rings (SSSR count). The van der Waals surface area contributed by atoms with E-state index in [4.69, 9.17) is 19.3 Å². The van der Waals surface area contributed by atoms with Gasteiger partial charge in [-0.25, -0.2) is 9.36 Å². The average Bonchev–Trinajstić information content (AvgIpc) is 2.89. The molecule has 0 aromatic rings. The SMILES string of the molecule is CC#CC#CC#CC#CC#CC#CC(=O)OC[C@@H](COP(=O)(O)O)OC(=O)CCCCCCCCCCCC. The molecule has 0 spiro atoms. The summed E-state index contributed by atoms with van der Waals surface area (Å²) in [6, 6.07) is 0. The Labute approximate surface area is 232 Å². The summed E-state index contributed by atoms with van der Waals surface area (Å²) in [5.41, 5.74) is 0. The Hall–Kier alpha value is -3.59. The van der Waals surface area contributed by atoms with Crippen molar-refractivity contribution in [1.82, 2.24) is 0 Å². The van der Waals surface area contributed by atoms with E-state index >= 15 is 0 Å². The molecular formula is C30H35O8P. The van der Waals surface area contributed by atoms with Crippen molar-refractivity contribution in [3.8, 4) is 71.0 Å². The predicted molar refractivity (Wildman–Crippen MR) is 148 cm³/mol. The van der Waals surface area contributed by atoms with E-state index in [0.29, 0.717) is 6.42 Å². The Balaban J connectivity index is 4.51. The van der Waals surface area contributed by atoms with Gasteiger partial charge < -0.3 is 19.3 Å². The van der Waals surface area contributed by atoms with Gasteiger partial charge in [-0.2, -0.15) is 0 Å². The first-order valence-corrected chi connectivity index (χ1v) is 14.3. The summed E-state index contributed by atoms with van der Waals surface area (Å²) in [6.45, 7) is 2.70. The molecule has 2 N–H and O–H groups in total. The molecule has 0 saturated heterocycles. The molecule has 208 valence electrons.